The van der Waals surface area contributed by atoms with Crippen LogP contribution in [0.3, 0.4) is 0 Å². The van der Waals surface area contributed by atoms with Crippen LogP contribution in [-0.4, -0.2) is 90.9 Å². The van der Waals surface area contributed by atoms with Crippen LogP contribution in [0.15, 0.2) is 60.7 Å². The number of benzene rings is 2. The summed E-state index contributed by atoms with van der Waals surface area (Å²) in [5, 5.41) is 9.47. The second-order valence-corrected chi connectivity index (χ2v) is 10.5. The van der Waals surface area contributed by atoms with E-state index in [1.165, 1.54) is 0 Å². The predicted octanol–water partition coefficient (Wildman–Crippen LogP) is 4.17. The maximum absolute atomic E-state index is 13.4. The second-order valence-electron chi connectivity index (χ2n) is 10.1. The molecule has 0 N–H and O–H groups in total. The fourth-order valence-corrected chi connectivity index (χ4v) is 5.24. The van der Waals surface area contributed by atoms with Gasteiger partial charge in [0.2, 0.25) is 5.91 Å². The van der Waals surface area contributed by atoms with E-state index in [1.807, 2.05) is 41.3 Å². The molecule has 2 aromatic carbocycles. The molecule has 0 radical (unpaired) electrons. The fourth-order valence-electron chi connectivity index (χ4n) is 5.12. The fraction of sp³-hybridized carbons (Fsp3) is 0.400. The van der Waals surface area contributed by atoms with Gasteiger partial charge in [0, 0.05) is 55.5 Å². The van der Waals surface area contributed by atoms with Crippen molar-refractivity contribution in [1.82, 2.24) is 20.0 Å². The smallest absolute Gasteiger partial charge is 0.254 e. The third-order valence-electron chi connectivity index (χ3n) is 7.34. The Morgan fingerprint density at radius 2 is 1.88 bits per heavy atom. The van der Waals surface area contributed by atoms with Crippen molar-refractivity contribution in [2.45, 2.75) is 25.4 Å². The third kappa shape index (κ3) is 6.89. The number of rotatable bonds is 8. The third-order valence-corrected chi connectivity index (χ3v) is 7.59. The molecule has 9 nitrogen and oxygen atoms in total. The average molecular weight is 564 g/mol. The molecule has 0 bridgehead atoms. The molecule has 2 aliphatic heterocycles. The SMILES string of the molecule is COc1cccc(-c2ccc(N3CCCN(C(=O)CN(C[C@@H]4CCCO4)C(=O)c4ccc(Cl)cc4)CC3)nn2)c1. The van der Waals surface area contributed by atoms with Crippen molar-refractivity contribution >= 4 is 29.2 Å². The van der Waals surface area contributed by atoms with E-state index in [-0.39, 0.29) is 24.5 Å². The van der Waals surface area contributed by atoms with Crippen molar-refractivity contribution in [2.75, 3.05) is 57.9 Å². The van der Waals surface area contributed by atoms with Gasteiger partial charge in [-0.2, -0.15) is 0 Å². The van der Waals surface area contributed by atoms with Gasteiger partial charge in [0.1, 0.15) is 12.3 Å². The molecule has 1 atom stereocenters. The summed E-state index contributed by atoms with van der Waals surface area (Å²) < 4.78 is 11.1. The predicted molar refractivity (Wildman–Crippen MR) is 154 cm³/mol. The van der Waals surface area contributed by atoms with Crippen LogP contribution in [0.1, 0.15) is 29.6 Å². The van der Waals surface area contributed by atoms with Crippen LogP contribution in [0.2, 0.25) is 5.02 Å². The maximum atomic E-state index is 13.4. The maximum Gasteiger partial charge on any atom is 0.254 e. The molecule has 3 heterocycles. The molecule has 0 spiro atoms. The number of halogens is 1. The summed E-state index contributed by atoms with van der Waals surface area (Å²) in [6.07, 6.45) is 2.59. The van der Waals surface area contributed by atoms with Gasteiger partial charge in [-0.05, 0) is 67.8 Å². The zero-order chi connectivity index (χ0) is 27.9. The largest absolute Gasteiger partial charge is 0.497 e. The van der Waals surface area contributed by atoms with Gasteiger partial charge in [-0.1, -0.05) is 23.7 Å². The molecule has 2 amide bonds. The molecular formula is C30H34ClN5O4. The van der Waals surface area contributed by atoms with Crippen LogP contribution in [0.25, 0.3) is 11.3 Å². The molecule has 40 heavy (non-hydrogen) atoms. The summed E-state index contributed by atoms with van der Waals surface area (Å²) in [7, 11) is 1.64. The number of anilines is 1. The molecule has 5 rings (SSSR count). The number of hydrogen-bond acceptors (Lipinski definition) is 7. The molecule has 10 heteroatoms. The van der Waals surface area contributed by atoms with Crippen LogP contribution in [0, 0.1) is 0 Å². The van der Waals surface area contributed by atoms with Gasteiger partial charge in [-0.25, -0.2) is 0 Å². The Labute approximate surface area is 239 Å². The molecular weight excluding hydrogens is 530 g/mol. The number of nitrogens with zero attached hydrogens (tertiary/aromatic N) is 5. The molecule has 2 fully saturated rings. The summed E-state index contributed by atoms with van der Waals surface area (Å²) >= 11 is 6.02. The van der Waals surface area contributed by atoms with Gasteiger partial charge in [0.25, 0.3) is 5.91 Å². The molecule has 0 unspecified atom stereocenters. The normalized spacial score (nSPS) is 17.4. The molecule has 3 aromatic rings. The lowest BCUT2D eigenvalue weighted by molar-refractivity contribution is -0.132. The van der Waals surface area contributed by atoms with E-state index < -0.39 is 0 Å². The number of carbonyl (C=O) groups is 2. The van der Waals surface area contributed by atoms with E-state index >= 15 is 0 Å². The van der Waals surface area contributed by atoms with Crippen molar-refractivity contribution in [3.8, 4) is 17.0 Å². The van der Waals surface area contributed by atoms with Crippen LogP contribution >= 0.6 is 11.6 Å². The van der Waals surface area contributed by atoms with Crippen LogP contribution in [0.5, 0.6) is 5.75 Å². The first kappa shape index (κ1) is 27.9. The van der Waals surface area contributed by atoms with Gasteiger partial charge in [0.05, 0.1) is 18.9 Å². The molecule has 2 aliphatic rings. The molecule has 210 valence electrons. The first-order valence-electron chi connectivity index (χ1n) is 13.7. The van der Waals surface area contributed by atoms with E-state index in [4.69, 9.17) is 21.1 Å². The number of methoxy groups -OCH3 is 1. The minimum Gasteiger partial charge on any atom is -0.497 e. The zero-order valence-corrected chi connectivity index (χ0v) is 23.4. The Balaban J connectivity index is 1.22. The highest BCUT2D eigenvalue weighted by Crippen LogP contribution is 2.23. The summed E-state index contributed by atoms with van der Waals surface area (Å²) in [6, 6.07) is 18.4. The Kier molecular flexibility index (Phi) is 9.13. The quantitative estimate of drug-likeness (QED) is 0.406. The summed E-state index contributed by atoms with van der Waals surface area (Å²) in [5.74, 6) is 1.29. The van der Waals surface area contributed by atoms with E-state index in [0.29, 0.717) is 43.4 Å². The van der Waals surface area contributed by atoms with Gasteiger partial charge in [0.15, 0.2) is 5.82 Å². The van der Waals surface area contributed by atoms with Gasteiger partial charge >= 0.3 is 0 Å². The van der Waals surface area contributed by atoms with E-state index in [9.17, 15) is 9.59 Å². The minimum absolute atomic E-state index is 0.0103. The highest BCUT2D eigenvalue weighted by atomic mass is 35.5. The lowest BCUT2D eigenvalue weighted by Crippen LogP contribution is -2.46. The topological polar surface area (TPSA) is 88.1 Å². The van der Waals surface area contributed by atoms with Crippen molar-refractivity contribution in [3.63, 3.8) is 0 Å². The van der Waals surface area contributed by atoms with Crippen molar-refractivity contribution < 1.29 is 19.1 Å². The van der Waals surface area contributed by atoms with Crippen LogP contribution in [0.4, 0.5) is 5.82 Å². The standard InChI is InChI=1S/C30H34ClN5O4/c1-39-25-6-2-5-23(19-25)27-12-13-28(33-32-27)34-14-4-15-35(17-16-34)29(37)21-36(20-26-7-3-18-40-26)30(38)22-8-10-24(31)11-9-22/h2,5-6,8-13,19,26H,3-4,7,14-18,20-21H2,1H3/t26-/m0/s1. The summed E-state index contributed by atoms with van der Waals surface area (Å²) in [4.78, 5) is 32.4. The highest BCUT2D eigenvalue weighted by Gasteiger charge is 2.28. The first-order chi connectivity index (χ1) is 19.5. The lowest BCUT2D eigenvalue weighted by Gasteiger charge is -2.28. The highest BCUT2D eigenvalue weighted by molar-refractivity contribution is 6.30. The van der Waals surface area contributed by atoms with Crippen LogP contribution < -0.4 is 9.64 Å². The summed E-state index contributed by atoms with van der Waals surface area (Å²) in [6.45, 7) is 3.65. The van der Waals surface area contributed by atoms with Gasteiger partial charge in [-0.3, -0.25) is 9.59 Å². The number of amides is 2. The van der Waals surface area contributed by atoms with Crippen molar-refractivity contribution in [2.24, 2.45) is 0 Å². The Hall–Kier alpha value is -3.69. The zero-order valence-electron chi connectivity index (χ0n) is 22.7. The molecule has 2 saturated heterocycles. The molecule has 0 saturated carbocycles. The molecule has 1 aromatic heterocycles. The Morgan fingerprint density at radius 1 is 1.02 bits per heavy atom. The van der Waals surface area contributed by atoms with Crippen molar-refractivity contribution in [3.05, 3.63) is 71.2 Å². The number of aromatic nitrogens is 2. The van der Waals surface area contributed by atoms with E-state index in [2.05, 4.69) is 15.1 Å². The number of ether oxygens (including phenoxy) is 2. The molecule has 0 aliphatic carbocycles. The lowest BCUT2D eigenvalue weighted by atomic mass is 10.1. The first-order valence-corrected chi connectivity index (χ1v) is 14.1. The van der Waals surface area contributed by atoms with E-state index in [1.54, 1.807) is 36.3 Å². The Bertz CT molecular complexity index is 1300. The number of hydrogen-bond donors (Lipinski definition) is 0. The van der Waals surface area contributed by atoms with Crippen LogP contribution in [-0.2, 0) is 9.53 Å². The van der Waals surface area contributed by atoms with E-state index in [0.717, 1.165) is 48.6 Å². The van der Waals surface area contributed by atoms with Crippen molar-refractivity contribution in [1.29, 1.82) is 0 Å². The Morgan fingerprint density at radius 3 is 2.60 bits per heavy atom. The summed E-state index contributed by atoms with van der Waals surface area (Å²) in [5.41, 5.74) is 2.21. The minimum atomic E-state index is -0.191. The average Bonchev–Trinajstić information content (AvgIpc) is 3.38. The van der Waals surface area contributed by atoms with Gasteiger partial charge in [-0.15, -0.1) is 10.2 Å². The monoisotopic (exact) mass is 563 g/mol. The van der Waals surface area contributed by atoms with Gasteiger partial charge < -0.3 is 24.2 Å². The number of carbonyl (C=O) groups excluding carboxylic acids is 2. The second kappa shape index (κ2) is 13.1.